The van der Waals surface area contributed by atoms with Crippen molar-refractivity contribution < 1.29 is 13.2 Å². The van der Waals surface area contributed by atoms with E-state index >= 15 is 0 Å². The standard InChI is InChI=1S/C29H27F3/c1-2-3-4-5-6-7-20-8-9-25-17-24(15-14-23(25)16-20)21-10-12-22(13-11-21)26-18-27(30)29(32)28(31)19-26/h8-19H,2-7H2,1H3. The normalized spacial score (nSPS) is 11.2. The lowest BCUT2D eigenvalue weighted by atomic mass is 9.96. The summed E-state index contributed by atoms with van der Waals surface area (Å²) in [6, 6.07) is 22.5. The number of rotatable bonds is 8. The van der Waals surface area contributed by atoms with E-state index in [1.54, 1.807) is 12.1 Å². The second-order valence-electron chi connectivity index (χ2n) is 8.39. The van der Waals surface area contributed by atoms with E-state index in [9.17, 15) is 13.2 Å². The SMILES string of the molecule is CCCCCCCc1ccc2cc(-c3ccc(-c4cc(F)c(F)c(F)c4)cc3)ccc2c1. The average Bonchev–Trinajstić information content (AvgIpc) is 2.82. The summed E-state index contributed by atoms with van der Waals surface area (Å²) in [7, 11) is 0. The lowest BCUT2D eigenvalue weighted by Gasteiger charge is -2.09. The molecular formula is C29H27F3. The van der Waals surface area contributed by atoms with Crippen molar-refractivity contribution in [3.8, 4) is 22.3 Å². The molecule has 4 aromatic rings. The molecule has 0 aromatic heterocycles. The zero-order chi connectivity index (χ0) is 22.5. The third-order valence-corrected chi connectivity index (χ3v) is 6.01. The molecule has 0 fully saturated rings. The third-order valence-electron chi connectivity index (χ3n) is 6.01. The lowest BCUT2D eigenvalue weighted by Crippen LogP contribution is -1.91. The van der Waals surface area contributed by atoms with Crippen LogP contribution in [0.3, 0.4) is 0 Å². The van der Waals surface area contributed by atoms with Gasteiger partial charge in [-0.15, -0.1) is 0 Å². The molecule has 0 heterocycles. The first-order valence-corrected chi connectivity index (χ1v) is 11.3. The molecule has 0 unspecified atom stereocenters. The third kappa shape index (κ3) is 5.04. The number of hydrogen-bond acceptors (Lipinski definition) is 0. The first-order chi connectivity index (χ1) is 15.5. The van der Waals surface area contributed by atoms with E-state index in [1.807, 2.05) is 12.1 Å². The predicted octanol–water partition coefficient (Wildman–Crippen LogP) is 9.10. The minimum atomic E-state index is -1.44. The van der Waals surface area contributed by atoms with Crippen LogP contribution in [0.5, 0.6) is 0 Å². The Hall–Kier alpha value is -3.07. The van der Waals surface area contributed by atoms with Crippen molar-refractivity contribution in [2.45, 2.75) is 45.4 Å². The average molecular weight is 433 g/mol. The van der Waals surface area contributed by atoms with Crippen molar-refractivity contribution in [2.24, 2.45) is 0 Å². The summed E-state index contributed by atoms with van der Waals surface area (Å²) in [5.41, 5.74) is 4.42. The Morgan fingerprint density at radius 2 is 1.09 bits per heavy atom. The summed E-state index contributed by atoms with van der Waals surface area (Å²) in [6.07, 6.45) is 7.55. The number of benzene rings is 4. The Morgan fingerprint density at radius 1 is 0.531 bits per heavy atom. The Morgan fingerprint density at radius 3 is 1.78 bits per heavy atom. The molecule has 0 atom stereocenters. The van der Waals surface area contributed by atoms with Gasteiger partial charge in [0.1, 0.15) is 0 Å². The van der Waals surface area contributed by atoms with E-state index in [-0.39, 0.29) is 0 Å². The van der Waals surface area contributed by atoms with E-state index in [4.69, 9.17) is 0 Å². The topological polar surface area (TPSA) is 0 Å². The van der Waals surface area contributed by atoms with Crippen molar-refractivity contribution in [3.05, 3.63) is 95.8 Å². The number of fused-ring (bicyclic) bond motifs is 1. The summed E-state index contributed by atoms with van der Waals surface area (Å²) in [6.45, 7) is 2.24. The molecule has 0 aliphatic heterocycles. The maximum Gasteiger partial charge on any atom is 0.194 e. The minimum Gasteiger partial charge on any atom is -0.204 e. The van der Waals surface area contributed by atoms with Gasteiger partial charge in [-0.05, 0) is 69.6 Å². The van der Waals surface area contributed by atoms with Gasteiger partial charge in [-0.2, -0.15) is 0 Å². The number of aryl methyl sites for hydroxylation is 1. The van der Waals surface area contributed by atoms with Gasteiger partial charge in [0.15, 0.2) is 17.5 Å². The predicted molar refractivity (Wildman–Crippen MR) is 127 cm³/mol. The Kier molecular flexibility index (Phi) is 6.94. The largest absolute Gasteiger partial charge is 0.204 e. The van der Waals surface area contributed by atoms with Gasteiger partial charge in [-0.1, -0.05) is 87.2 Å². The van der Waals surface area contributed by atoms with E-state index in [2.05, 4.69) is 43.3 Å². The Labute approximate surface area is 187 Å². The minimum absolute atomic E-state index is 0.314. The second-order valence-corrected chi connectivity index (χ2v) is 8.39. The highest BCUT2D eigenvalue weighted by molar-refractivity contribution is 5.88. The van der Waals surface area contributed by atoms with Crippen LogP contribution >= 0.6 is 0 Å². The quantitative estimate of drug-likeness (QED) is 0.192. The zero-order valence-electron chi connectivity index (χ0n) is 18.3. The van der Waals surface area contributed by atoms with Crippen molar-refractivity contribution in [2.75, 3.05) is 0 Å². The highest BCUT2D eigenvalue weighted by Gasteiger charge is 2.12. The fourth-order valence-electron chi connectivity index (χ4n) is 4.14. The van der Waals surface area contributed by atoms with Crippen LogP contribution in [0.2, 0.25) is 0 Å². The molecule has 0 bridgehead atoms. The van der Waals surface area contributed by atoms with Crippen LogP contribution in [0.15, 0.2) is 72.8 Å². The van der Waals surface area contributed by atoms with Crippen molar-refractivity contribution in [1.82, 2.24) is 0 Å². The first kappa shape index (κ1) is 22.1. The molecule has 0 saturated heterocycles. The van der Waals surface area contributed by atoms with Gasteiger partial charge in [0.25, 0.3) is 0 Å². The first-order valence-electron chi connectivity index (χ1n) is 11.3. The second kappa shape index (κ2) is 10.0. The Balaban J connectivity index is 1.50. The molecule has 0 aliphatic carbocycles. The van der Waals surface area contributed by atoms with Crippen LogP contribution in [-0.2, 0) is 6.42 Å². The Bertz CT molecular complexity index is 1190. The lowest BCUT2D eigenvalue weighted by molar-refractivity contribution is 0.448. The van der Waals surface area contributed by atoms with Crippen LogP contribution in [0.4, 0.5) is 13.2 Å². The van der Waals surface area contributed by atoms with Gasteiger partial charge in [0, 0.05) is 0 Å². The maximum atomic E-state index is 13.5. The molecule has 0 amide bonds. The molecule has 3 heteroatoms. The molecule has 0 aliphatic rings. The van der Waals surface area contributed by atoms with Crippen molar-refractivity contribution in [3.63, 3.8) is 0 Å². The van der Waals surface area contributed by atoms with Crippen LogP contribution in [0.25, 0.3) is 33.0 Å². The summed E-state index contributed by atoms with van der Waals surface area (Å²) in [4.78, 5) is 0. The molecule has 4 rings (SSSR count). The van der Waals surface area contributed by atoms with Gasteiger partial charge in [0.05, 0.1) is 0 Å². The number of unbranched alkanes of at least 4 members (excludes halogenated alkanes) is 4. The van der Waals surface area contributed by atoms with Crippen LogP contribution in [0.1, 0.15) is 44.6 Å². The highest BCUT2D eigenvalue weighted by Crippen LogP contribution is 2.29. The maximum absolute atomic E-state index is 13.5. The summed E-state index contributed by atoms with van der Waals surface area (Å²) < 4.78 is 40.3. The van der Waals surface area contributed by atoms with E-state index in [0.717, 1.165) is 29.7 Å². The highest BCUT2D eigenvalue weighted by atomic mass is 19.2. The van der Waals surface area contributed by atoms with Crippen molar-refractivity contribution in [1.29, 1.82) is 0 Å². The molecular weight excluding hydrogens is 405 g/mol. The molecule has 164 valence electrons. The molecule has 0 nitrogen and oxygen atoms in total. The van der Waals surface area contributed by atoms with E-state index in [1.165, 1.54) is 48.4 Å². The molecule has 0 spiro atoms. The zero-order valence-corrected chi connectivity index (χ0v) is 18.3. The molecule has 32 heavy (non-hydrogen) atoms. The van der Waals surface area contributed by atoms with Crippen LogP contribution in [0, 0.1) is 17.5 Å². The van der Waals surface area contributed by atoms with E-state index < -0.39 is 17.5 Å². The number of halogens is 3. The molecule has 0 radical (unpaired) electrons. The van der Waals surface area contributed by atoms with Crippen LogP contribution < -0.4 is 0 Å². The number of hydrogen-bond donors (Lipinski definition) is 0. The monoisotopic (exact) mass is 432 g/mol. The fourth-order valence-corrected chi connectivity index (χ4v) is 4.14. The van der Waals surface area contributed by atoms with Gasteiger partial charge in [0.2, 0.25) is 0 Å². The summed E-state index contributed by atoms with van der Waals surface area (Å²) in [5, 5.41) is 2.41. The van der Waals surface area contributed by atoms with Crippen LogP contribution in [-0.4, -0.2) is 0 Å². The van der Waals surface area contributed by atoms with Gasteiger partial charge in [-0.25, -0.2) is 13.2 Å². The van der Waals surface area contributed by atoms with Crippen molar-refractivity contribution >= 4 is 10.8 Å². The molecule has 4 aromatic carbocycles. The fraction of sp³-hybridized carbons (Fsp3) is 0.241. The molecule has 0 saturated carbocycles. The summed E-state index contributed by atoms with van der Waals surface area (Å²) >= 11 is 0. The molecule has 0 N–H and O–H groups in total. The van der Waals surface area contributed by atoms with Gasteiger partial charge >= 0.3 is 0 Å². The van der Waals surface area contributed by atoms with E-state index in [0.29, 0.717) is 11.1 Å². The van der Waals surface area contributed by atoms with Gasteiger partial charge in [-0.3, -0.25) is 0 Å². The summed E-state index contributed by atoms with van der Waals surface area (Å²) in [5.74, 6) is -3.81. The van der Waals surface area contributed by atoms with Gasteiger partial charge < -0.3 is 0 Å². The smallest absolute Gasteiger partial charge is 0.194 e.